The van der Waals surface area contributed by atoms with Gasteiger partial charge in [-0.05, 0) is 64.7 Å². The molecule has 5 nitrogen and oxygen atoms in total. The molecular formula is C27H27BrCl2N2O3. The summed E-state index contributed by atoms with van der Waals surface area (Å²) in [6.45, 7) is 1.58. The zero-order valence-electron chi connectivity index (χ0n) is 19.4. The Kier molecular flexibility index (Phi) is 8.58. The number of carbonyl (C=O) groups excluding carboxylic acids is 2. The van der Waals surface area contributed by atoms with Gasteiger partial charge in [0.1, 0.15) is 11.8 Å². The normalized spacial score (nSPS) is 14.6. The highest BCUT2D eigenvalue weighted by Gasteiger charge is 2.30. The van der Waals surface area contributed by atoms with E-state index < -0.39 is 6.04 Å². The highest BCUT2D eigenvalue weighted by molar-refractivity contribution is 9.10. The van der Waals surface area contributed by atoms with E-state index in [1.54, 1.807) is 25.1 Å². The molecule has 1 fully saturated rings. The molecule has 2 amide bonds. The molecule has 0 unspecified atom stereocenters. The summed E-state index contributed by atoms with van der Waals surface area (Å²) in [5.41, 5.74) is 0.594. The van der Waals surface area contributed by atoms with Crippen molar-refractivity contribution in [2.24, 2.45) is 0 Å². The van der Waals surface area contributed by atoms with Crippen molar-refractivity contribution >= 4 is 61.7 Å². The number of carbonyl (C=O) groups is 2. The minimum absolute atomic E-state index is 0.0961. The van der Waals surface area contributed by atoms with Crippen molar-refractivity contribution in [1.29, 1.82) is 0 Å². The first-order valence-corrected chi connectivity index (χ1v) is 13.2. The molecule has 35 heavy (non-hydrogen) atoms. The average molecular weight is 578 g/mol. The molecule has 4 rings (SSSR count). The highest BCUT2D eigenvalue weighted by atomic mass is 79.9. The average Bonchev–Trinajstić information content (AvgIpc) is 3.36. The minimum atomic E-state index is -0.723. The van der Waals surface area contributed by atoms with E-state index in [2.05, 4.69) is 21.2 Å². The Morgan fingerprint density at radius 1 is 1.06 bits per heavy atom. The Hall–Kier alpha value is -2.28. The van der Waals surface area contributed by atoms with E-state index >= 15 is 0 Å². The molecule has 1 saturated carbocycles. The number of nitrogens with one attached hydrogen (secondary N) is 1. The Bertz CT molecular complexity index is 1210. The molecule has 0 spiro atoms. The number of amides is 2. The maximum absolute atomic E-state index is 13.4. The smallest absolute Gasteiger partial charge is 0.261 e. The van der Waals surface area contributed by atoms with Crippen LogP contribution in [0.25, 0.3) is 10.8 Å². The largest absolute Gasteiger partial charge is 0.483 e. The summed E-state index contributed by atoms with van der Waals surface area (Å²) in [7, 11) is 0. The van der Waals surface area contributed by atoms with Gasteiger partial charge in [0, 0.05) is 28.2 Å². The van der Waals surface area contributed by atoms with Gasteiger partial charge in [-0.15, -0.1) is 0 Å². The fraction of sp³-hybridized carbons (Fsp3) is 0.333. The van der Waals surface area contributed by atoms with E-state index in [0.29, 0.717) is 21.4 Å². The lowest BCUT2D eigenvalue weighted by molar-refractivity contribution is -0.142. The summed E-state index contributed by atoms with van der Waals surface area (Å²) in [5, 5.41) is 6.02. The third-order valence-corrected chi connectivity index (χ3v) is 7.96. The first kappa shape index (κ1) is 25.8. The summed E-state index contributed by atoms with van der Waals surface area (Å²) < 4.78 is 6.69. The van der Waals surface area contributed by atoms with Crippen molar-refractivity contribution in [3.8, 4) is 5.75 Å². The third kappa shape index (κ3) is 6.11. The number of halogens is 3. The predicted molar refractivity (Wildman–Crippen MR) is 144 cm³/mol. The minimum Gasteiger partial charge on any atom is -0.483 e. The summed E-state index contributed by atoms with van der Waals surface area (Å²) in [6, 6.07) is 16.3. The van der Waals surface area contributed by atoms with Crippen LogP contribution in [0.5, 0.6) is 5.75 Å². The fourth-order valence-corrected chi connectivity index (χ4v) is 5.50. The van der Waals surface area contributed by atoms with Gasteiger partial charge in [0.25, 0.3) is 5.91 Å². The zero-order chi connectivity index (χ0) is 24.9. The monoisotopic (exact) mass is 576 g/mol. The summed E-state index contributed by atoms with van der Waals surface area (Å²) >= 11 is 16.4. The topological polar surface area (TPSA) is 58.6 Å². The van der Waals surface area contributed by atoms with Crippen LogP contribution >= 0.6 is 39.1 Å². The van der Waals surface area contributed by atoms with Gasteiger partial charge in [-0.1, -0.05) is 72.4 Å². The molecule has 1 atom stereocenters. The van der Waals surface area contributed by atoms with Gasteiger partial charge in [-0.2, -0.15) is 0 Å². The van der Waals surface area contributed by atoms with Gasteiger partial charge in [0.05, 0.1) is 4.47 Å². The lowest BCUT2D eigenvalue weighted by Crippen LogP contribution is -2.50. The van der Waals surface area contributed by atoms with Gasteiger partial charge in [-0.3, -0.25) is 9.59 Å². The summed E-state index contributed by atoms with van der Waals surface area (Å²) in [6.07, 6.45) is 4.13. The van der Waals surface area contributed by atoms with Gasteiger partial charge < -0.3 is 15.0 Å². The molecule has 0 saturated heterocycles. The zero-order valence-corrected chi connectivity index (χ0v) is 22.5. The van der Waals surface area contributed by atoms with Gasteiger partial charge in [-0.25, -0.2) is 0 Å². The molecular weight excluding hydrogens is 551 g/mol. The SMILES string of the molecule is C[C@H](C(=O)NC1CCCC1)N(Cc1c(Cl)cccc1Cl)C(=O)COc1ccc2ccccc2c1Br. The van der Waals surface area contributed by atoms with E-state index in [9.17, 15) is 9.59 Å². The van der Waals surface area contributed by atoms with Crippen LogP contribution in [0.4, 0.5) is 0 Å². The van der Waals surface area contributed by atoms with Crippen molar-refractivity contribution in [1.82, 2.24) is 10.2 Å². The first-order valence-electron chi connectivity index (χ1n) is 11.7. The number of benzene rings is 3. The van der Waals surface area contributed by atoms with Crippen molar-refractivity contribution in [2.45, 2.75) is 51.2 Å². The van der Waals surface area contributed by atoms with Gasteiger partial charge in [0.2, 0.25) is 5.91 Å². The molecule has 1 N–H and O–H groups in total. The van der Waals surface area contributed by atoms with Crippen LogP contribution < -0.4 is 10.1 Å². The number of nitrogens with zero attached hydrogens (tertiary/aromatic N) is 1. The van der Waals surface area contributed by atoms with Crippen LogP contribution in [0.2, 0.25) is 10.0 Å². The van der Waals surface area contributed by atoms with Gasteiger partial charge >= 0.3 is 0 Å². The molecule has 0 heterocycles. The van der Waals surface area contributed by atoms with E-state index in [1.165, 1.54) is 4.90 Å². The van der Waals surface area contributed by atoms with E-state index in [1.807, 2.05) is 36.4 Å². The summed E-state index contributed by atoms with van der Waals surface area (Å²) in [5.74, 6) is 0.0197. The second kappa shape index (κ2) is 11.6. The van der Waals surface area contributed by atoms with Crippen LogP contribution in [-0.4, -0.2) is 35.4 Å². The quantitative estimate of drug-likeness (QED) is 0.321. The van der Waals surface area contributed by atoms with E-state index in [4.69, 9.17) is 27.9 Å². The van der Waals surface area contributed by atoms with Crippen LogP contribution in [-0.2, 0) is 16.1 Å². The molecule has 0 bridgehead atoms. The maximum atomic E-state index is 13.4. The number of ether oxygens (including phenoxy) is 1. The lowest BCUT2D eigenvalue weighted by atomic mass is 10.1. The molecule has 184 valence electrons. The second-order valence-electron chi connectivity index (χ2n) is 8.78. The Labute approximate surface area is 223 Å². The van der Waals surface area contributed by atoms with E-state index in [-0.39, 0.29) is 31.0 Å². The lowest BCUT2D eigenvalue weighted by Gasteiger charge is -2.30. The van der Waals surface area contributed by atoms with Crippen molar-refractivity contribution in [3.63, 3.8) is 0 Å². The predicted octanol–water partition coefficient (Wildman–Crippen LogP) is 6.76. The first-order chi connectivity index (χ1) is 16.8. The number of rotatable bonds is 8. The molecule has 0 aliphatic heterocycles. The number of fused-ring (bicyclic) bond motifs is 1. The molecule has 3 aromatic carbocycles. The molecule has 1 aliphatic carbocycles. The van der Waals surface area contributed by atoms with Crippen molar-refractivity contribution < 1.29 is 14.3 Å². The Balaban J connectivity index is 1.54. The number of hydrogen-bond acceptors (Lipinski definition) is 3. The summed E-state index contributed by atoms with van der Waals surface area (Å²) in [4.78, 5) is 28.0. The fourth-order valence-electron chi connectivity index (χ4n) is 4.38. The number of hydrogen-bond donors (Lipinski definition) is 1. The molecule has 3 aromatic rings. The molecule has 0 radical (unpaired) electrons. The van der Waals surface area contributed by atoms with Crippen LogP contribution in [0.1, 0.15) is 38.2 Å². The second-order valence-corrected chi connectivity index (χ2v) is 10.4. The standard InChI is InChI=1S/C27H27BrCl2N2O3/c1-17(27(34)31-19-8-3-4-9-19)32(15-21-22(29)11-6-12-23(21)30)25(33)16-35-24-14-13-18-7-2-5-10-20(18)26(24)28/h2,5-7,10-14,17,19H,3-4,8-9,15-16H2,1H3,(H,31,34)/t17-/m1/s1. The van der Waals surface area contributed by atoms with E-state index in [0.717, 1.165) is 40.9 Å². The Morgan fingerprint density at radius 2 is 1.74 bits per heavy atom. The van der Waals surface area contributed by atoms with Crippen LogP contribution in [0, 0.1) is 0 Å². The van der Waals surface area contributed by atoms with Crippen molar-refractivity contribution in [3.05, 3.63) is 74.7 Å². The highest BCUT2D eigenvalue weighted by Crippen LogP contribution is 2.33. The van der Waals surface area contributed by atoms with Crippen LogP contribution in [0.3, 0.4) is 0 Å². The maximum Gasteiger partial charge on any atom is 0.261 e. The van der Waals surface area contributed by atoms with Crippen molar-refractivity contribution in [2.75, 3.05) is 6.61 Å². The van der Waals surface area contributed by atoms with Crippen LogP contribution in [0.15, 0.2) is 59.1 Å². The molecule has 0 aromatic heterocycles. The molecule has 8 heteroatoms. The Morgan fingerprint density at radius 3 is 2.46 bits per heavy atom. The van der Waals surface area contributed by atoms with Gasteiger partial charge in [0.15, 0.2) is 6.61 Å². The third-order valence-electron chi connectivity index (χ3n) is 6.44. The molecule has 1 aliphatic rings.